The predicted molar refractivity (Wildman–Crippen MR) is 114 cm³/mol. The Morgan fingerprint density at radius 1 is 0.917 bits per heavy atom. The Bertz CT molecular complexity index is 476. The van der Waals surface area contributed by atoms with Gasteiger partial charge in [-0.3, -0.25) is 0 Å². The highest BCUT2D eigenvalue weighted by atomic mass is 32.2. The molecule has 1 nitrogen and oxygen atoms in total. The van der Waals surface area contributed by atoms with Gasteiger partial charge in [0.15, 0.2) is 0 Å². The molecule has 136 valence electrons. The Balaban J connectivity index is 2.71. The zero-order valence-corrected chi connectivity index (χ0v) is 18.2. The van der Waals surface area contributed by atoms with Crippen molar-refractivity contribution < 1.29 is 4.43 Å². The average molecular weight is 365 g/mol. The molecular weight excluding hydrogens is 328 g/mol. The molecule has 3 heteroatoms. The molecule has 0 fully saturated rings. The molecule has 0 N–H and O–H groups in total. The highest BCUT2D eigenvalue weighted by Gasteiger charge is 2.20. The highest BCUT2D eigenvalue weighted by molar-refractivity contribution is 8.03. The molecular formula is C21H36OSSi. The lowest BCUT2D eigenvalue weighted by atomic mass is 10.1. The van der Waals surface area contributed by atoms with Crippen molar-refractivity contribution in [2.45, 2.75) is 78.4 Å². The number of thioether (sulfide) groups is 1. The monoisotopic (exact) mass is 364 g/mol. The molecule has 0 radical (unpaired) electrons. The summed E-state index contributed by atoms with van der Waals surface area (Å²) in [6.07, 6.45) is 9.13. The second-order valence-corrected chi connectivity index (χ2v) is 12.8. The second-order valence-electron chi connectivity index (χ2n) is 7.32. The molecule has 0 aliphatic rings. The zero-order valence-electron chi connectivity index (χ0n) is 16.4. The third-order valence-corrected chi connectivity index (χ3v) is 5.90. The fraction of sp³-hybridized carbons (Fsp3) is 0.619. The van der Waals surface area contributed by atoms with Crippen LogP contribution in [0, 0.1) is 0 Å². The predicted octanol–water partition coefficient (Wildman–Crippen LogP) is 7.71. The van der Waals surface area contributed by atoms with Crippen molar-refractivity contribution >= 4 is 25.7 Å². The SMILES string of the molecule is CCCCCCCCS/C(O[Si](C)(C)C)=C(\CC)c1ccccc1. The third kappa shape index (κ3) is 8.98. The van der Waals surface area contributed by atoms with Gasteiger partial charge < -0.3 is 4.43 Å². The van der Waals surface area contributed by atoms with Crippen molar-refractivity contribution in [2.75, 3.05) is 5.75 Å². The van der Waals surface area contributed by atoms with E-state index in [0.717, 1.165) is 6.42 Å². The van der Waals surface area contributed by atoms with Crippen LogP contribution in [-0.4, -0.2) is 14.1 Å². The fourth-order valence-electron chi connectivity index (χ4n) is 2.61. The van der Waals surface area contributed by atoms with Crippen molar-refractivity contribution in [2.24, 2.45) is 0 Å². The Morgan fingerprint density at radius 3 is 2.12 bits per heavy atom. The Morgan fingerprint density at radius 2 is 1.54 bits per heavy atom. The smallest absolute Gasteiger partial charge is 0.242 e. The first-order valence-corrected chi connectivity index (χ1v) is 14.0. The van der Waals surface area contributed by atoms with E-state index in [4.69, 9.17) is 4.43 Å². The van der Waals surface area contributed by atoms with Gasteiger partial charge in [-0.1, -0.05) is 88.0 Å². The van der Waals surface area contributed by atoms with E-state index in [-0.39, 0.29) is 0 Å². The summed E-state index contributed by atoms with van der Waals surface area (Å²) in [5.41, 5.74) is 2.68. The van der Waals surface area contributed by atoms with Crippen molar-refractivity contribution in [3.8, 4) is 0 Å². The molecule has 1 aromatic carbocycles. The first-order chi connectivity index (χ1) is 11.5. The quantitative estimate of drug-likeness (QED) is 0.213. The number of benzene rings is 1. The van der Waals surface area contributed by atoms with Gasteiger partial charge in [0.05, 0.1) is 0 Å². The van der Waals surface area contributed by atoms with Crippen molar-refractivity contribution in [1.29, 1.82) is 0 Å². The summed E-state index contributed by atoms with van der Waals surface area (Å²) >= 11 is 1.93. The molecule has 24 heavy (non-hydrogen) atoms. The van der Waals surface area contributed by atoms with Crippen LogP contribution in [0.4, 0.5) is 0 Å². The van der Waals surface area contributed by atoms with Crippen LogP contribution in [0.2, 0.25) is 19.6 Å². The van der Waals surface area contributed by atoms with Crippen molar-refractivity contribution in [3.63, 3.8) is 0 Å². The van der Waals surface area contributed by atoms with Crippen LogP contribution in [0.15, 0.2) is 35.4 Å². The van der Waals surface area contributed by atoms with E-state index in [1.807, 2.05) is 11.8 Å². The summed E-state index contributed by atoms with van der Waals surface area (Å²) in [6.45, 7) is 11.3. The minimum absolute atomic E-state index is 1.02. The fourth-order valence-corrected chi connectivity index (χ4v) is 5.24. The summed E-state index contributed by atoms with van der Waals surface area (Å²) in [5.74, 6) is 1.17. The van der Waals surface area contributed by atoms with Crippen LogP contribution in [0.5, 0.6) is 0 Å². The van der Waals surface area contributed by atoms with Crippen molar-refractivity contribution in [1.82, 2.24) is 0 Å². The standard InChI is InChI=1S/C21H36OSSi/c1-6-8-9-10-11-15-18-23-21(22-24(3,4)5)20(7-2)19-16-13-12-14-17-19/h12-14,16-17H,6-11,15,18H2,1-5H3/b21-20+. The Labute approximate surface area is 155 Å². The van der Waals surface area contributed by atoms with E-state index >= 15 is 0 Å². The maximum Gasteiger partial charge on any atom is 0.242 e. The van der Waals surface area contributed by atoms with Gasteiger partial charge in [0.1, 0.15) is 5.09 Å². The van der Waals surface area contributed by atoms with Gasteiger partial charge in [-0.05, 0) is 38.0 Å². The lowest BCUT2D eigenvalue weighted by Crippen LogP contribution is -2.24. The van der Waals surface area contributed by atoms with Crippen LogP contribution < -0.4 is 0 Å². The third-order valence-electron chi connectivity index (χ3n) is 3.85. The molecule has 1 rings (SSSR count). The number of unbranched alkanes of at least 4 members (excludes halogenated alkanes) is 5. The van der Waals surface area contributed by atoms with Gasteiger partial charge in [-0.15, -0.1) is 0 Å². The van der Waals surface area contributed by atoms with E-state index in [1.165, 1.54) is 60.5 Å². The van der Waals surface area contributed by atoms with E-state index in [2.05, 4.69) is 63.8 Å². The minimum Gasteiger partial charge on any atom is -0.540 e. The van der Waals surface area contributed by atoms with Crippen LogP contribution in [0.1, 0.15) is 64.4 Å². The number of rotatable bonds is 12. The van der Waals surface area contributed by atoms with E-state index in [1.54, 1.807) is 0 Å². The molecule has 1 aromatic rings. The molecule has 0 saturated heterocycles. The number of allylic oxidation sites excluding steroid dienone is 1. The Kier molecular flexibility index (Phi) is 10.5. The summed E-state index contributed by atoms with van der Waals surface area (Å²) in [7, 11) is -1.60. The van der Waals surface area contributed by atoms with Crippen LogP contribution in [-0.2, 0) is 4.43 Å². The van der Waals surface area contributed by atoms with Crippen LogP contribution in [0.3, 0.4) is 0 Å². The van der Waals surface area contributed by atoms with Gasteiger partial charge in [0.2, 0.25) is 8.32 Å². The zero-order chi connectivity index (χ0) is 17.8. The minimum atomic E-state index is -1.60. The van der Waals surface area contributed by atoms with Crippen LogP contribution >= 0.6 is 11.8 Å². The van der Waals surface area contributed by atoms with Crippen LogP contribution in [0.25, 0.3) is 5.57 Å². The molecule has 0 unspecified atom stereocenters. The summed E-state index contributed by atoms with van der Waals surface area (Å²) in [4.78, 5) is 0. The lowest BCUT2D eigenvalue weighted by molar-refractivity contribution is 0.464. The topological polar surface area (TPSA) is 9.23 Å². The van der Waals surface area contributed by atoms with E-state index in [9.17, 15) is 0 Å². The van der Waals surface area contributed by atoms with Gasteiger partial charge >= 0.3 is 0 Å². The summed E-state index contributed by atoms with van der Waals surface area (Å²) in [6, 6.07) is 10.7. The average Bonchev–Trinajstić information content (AvgIpc) is 2.54. The molecule has 0 heterocycles. The van der Waals surface area contributed by atoms with E-state index < -0.39 is 8.32 Å². The van der Waals surface area contributed by atoms with Crippen molar-refractivity contribution in [3.05, 3.63) is 41.0 Å². The van der Waals surface area contributed by atoms with Gasteiger partial charge in [0, 0.05) is 11.3 Å². The molecule has 0 atom stereocenters. The summed E-state index contributed by atoms with van der Waals surface area (Å²) < 4.78 is 6.47. The summed E-state index contributed by atoms with van der Waals surface area (Å²) in [5, 5.41) is 1.18. The molecule has 0 spiro atoms. The molecule has 0 aromatic heterocycles. The second kappa shape index (κ2) is 11.8. The normalized spacial score (nSPS) is 12.9. The maximum absolute atomic E-state index is 6.47. The van der Waals surface area contributed by atoms with Gasteiger partial charge in [-0.25, -0.2) is 0 Å². The lowest BCUT2D eigenvalue weighted by Gasteiger charge is -2.24. The molecule has 0 aliphatic heterocycles. The molecule has 0 bridgehead atoms. The van der Waals surface area contributed by atoms with Gasteiger partial charge in [-0.2, -0.15) is 0 Å². The number of hydrogen-bond acceptors (Lipinski definition) is 2. The molecule has 0 amide bonds. The highest BCUT2D eigenvalue weighted by Crippen LogP contribution is 2.33. The maximum atomic E-state index is 6.47. The molecule has 0 saturated carbocycles. The molecule has 0 aliphatic carbocycles. The largest absolute Gasteiger partial charge is 0.540 e. The van der Waals surface area contributed by atoms with Gasteiger partial charge in [0.25, 0.3) is 0 Å². The number of hydrogen-bond donors (Lipinski definition) is 0. The van der Waals surface area contributed by atoms with E-state index in [0.29, 0.717) is 0 Å². The first kappa shape index (κ1) is 21.4. The first-order valence-electron chi connectivity index (χ1n) is 9.58. The Hall–Kier alpha value is -0.673.